The van der Waals surface area contributed by atoms with E-state index in [-0.39, 0.29) is 5.91 Å². The van der Waals surface area contributed by atoms with Crippen molar-refractivity contribution < 1.29 is 9.53 Å². The number of nitrogens with one attached hydrogen (secondary N) is 2. The van der Waals surface area contributed by atoms with Crippen molar-refractivity contribution in [3.05, 3.63) is 11.1 Å². The number of aryl methyl sites for hydroxylation is 1. The van der Waals surface area contributed by atoms with Gasteiger partial charge in [0.25, 0.3) is 0 Å². The quantitative estimate of drug-likeness (QED) is 0.851. The summed E-state index contributed by atoms with van der Waals surface area (Å²) < 4.78 is 5.68. The van der Waals surface area contributed by atoms with E-state index >= 15 is 0 Å². The van der Waals surface area contributed by atoms with E-state index in [0.717, 1.165) is 30.8 Å². The third-order valence-corrected chi connectivity index (χ3v) is 3.66. The number of aromatic nitrogens is 1. The highest BCUT2D eigenvalue weighted by Gasteiger charge is 2.13. The molecule has 18 heavy (non-hydrogen) atoms. The second-order valence-corrected chi connectivity index (χ2v) is 5.63. The molecule has 2 rings (SSSR count). The minimum absolute atomic E-state index is 0.0294. The fraction of sp³-hybridized carbons (Fsp3) is 0.667. The number of hydrogen-bond acceptors (Lipinski definition) is 5. The monoisotopic (exact) mass is 269 g/mol. The second-order valence-electron chi connectivity index (χ2n) is 4.39. The maximum absolute atomic E-state index is 11.6. The predicted octanol–water partition coefficient (Wildman–Crippen LogP) is 1.55. The van der Waals surface area contributed by atoms with E-state index in [4.69, 9.17) is 4.74 Å². The maximum Gasteiger partial charge on any atom is 0.228 e. The van der Waals surface area contributed by atoms with Crippen LogP contribution in [-0.2, 0) is 9.53 Å². The molecule has 2 N–H and O–H groups in total. The highest BCUT2D eigenvalue weighted by Crippen LogP contribution is 2.16. The molecule has 0 radical (unpaired) electrons. The average molecular weight is 269 g/mol. The highest BCUT2D eigenvalue weighted by atomic mass is 32.1. The molecule has 1 saturated heterocycles. The number of thiazole rings is 1. The Bertz CT molecular complexity index is 388. The van der Waals surface area contributed by atoms with Crippen molar-refractivity contribution in [1.82, 2.24) is 10.3 Å². The van der Waals surface area contributed by atoms with Gasteiger partial charge < -0.3 is 15.4 Å². The molecule has 0 bridgehead atoms. The Hall–Kier alpha value is -0.980. The van der Waals surface area contributed by atoms with Crippen LogP contribution in [0.3, 0.4) is 0 Å². The molecule has 0 saturated carbocycles. The first-order valence-electron chi connectivity index (χ1n) is 6.28. The molecule has 6 heteroatoms. The molecular formula is C12H19N3O2S. The average Bonchev–Trinajstić information content (AvgIpc) is 2.76. The Morgan fingerprint density at radius 1 is 1.61 bits per heavy atom. The van der Waals surface area contributed by atoms with E-state index in [0.29, 0.717) is 24.3 Å². The van der Waals surface area contributed by atoms with Gasteiger partial charge in [0, 0.05) is 11.1 Å². The van der Waals surface area contributed by atoms with Crippen molar-refractivity contribution in [2.24, 2.45) is 0 Å². The van der Waals surface area contributed by atoms with E-state index in [9.17, 15) is 4.79 Å². The van der Waals surface area contributed by atoms with Crippen molar-refractivity contribution in [2.75, 3.05) is 25.0 Å². The number of amides is 1. The zero-order valence-electron chi connectivity index (χ0n) is 10.6. The predicted molar refractivity (Wildman–Crippen MR) is 71.9 cm³/mol. The Kier molecular flexibility index (Phi) is 5.10. The third-order valence-electron chi connectivity index (χ3n) is 2.84. The molecule has 0 aromatic carbocycles. The van der Waals surface area contributed by atoms with Gasteiger partial charge in [-0.25, -0.2) is 4.98 Å². The van der Waals surface area contributed by atoms with E-state index < -0.39 is 0 Å². The third kappa shape index (κ3) is 4.36. The van der Waals surface area contributed by atoms with Crippen LogP contribution in [0.15, 0.2) is 6.20 Å². The lowest BCUT2D eigenvalue weighted by Gasteiger charge is -2.22. The number of carbonyl (C=O) groups is 1. The molecule has 0 unspecified atom stereocenters. The minimum atomic E-state index is -0.0294. The summed E-state index contributed by atoms with van der Waals surface area (Å²) in [6, 6.07) is 0. The second kappa shape index (κ2) is 6.82. The molecule has 0 atom stereocenters. The van der Waals surface area contributed by atoms with Crippen LogP contribution < -0.4 is 10.6 Å². The van der Waals surface area contributed by atoms with Crippen molar-refractivity contribution in [2.45, 2.75) is 32.3 Å². The molecule has 100 valence electrons. The SMILES string of the molecule is Cc1cnc(NC(=O)CCOC2CCNCC2)s1. The van der Waals surface area contributed by atoms with Crippen molar-refractivity contribution >= 4 is 22.4 Å². The molecule has 1 aromatic heterocycles. The molecule has 1 aromatic rings. The molecule has 0 spiro atoms. The lowest BCUT2D eigenvalue weighted by molar-refractivity contribution is -0.117. The number of nitrogens with zero attached hydrogens (tertiary/aromatic N) is 1. The van der Waals surface area contributed by atoms with Crippen molar-refractivity contribution in [3.8, 4) is 0 Å². The summed E-state index contributed by atoms with van der Waals surface area (Å²) in [5.41, 5.74) is 0. The molecule has 0 aliphatic carbocycles. The Balaban J connectivity index is 1.62. The van der Waals surface area contributed by atoms with E-state index in [2.05, 4.69) is 15.6 Å². The molecule has 1 amide bonds. The largest absolute Gasteiger partial charge is 0.378 e. The van der Waals surface area contributed by atoms with Gasteiger partial charge in [-0.2, -0.15) is 0 Å². The van der Waals surface area contributed by atoms with E-state index in [1.165, 1.54) is 11.3 Å². The van der Waals surface area contributed by atoms with Gasteiger partial charge in [-0.1, -0.05) is 0 Å². The molecule has 5 nitrogen and oxygen atoms in total. The molecule has 1 fully saturated rings. The van der Waals surface area contributed by atoms with Crippen molar-refractivity contribution in [3.63, 3.8) is 0 Å². The molecule has 2 heterocycles. The summed E-state index contributed by atoms with van der Waals surface area (Å²) in [6.07, 6.45) is 4.52. The Morgan fingerprint density at radius 3 is 3.06 bits per heavy atom. The van der Waals surface area contributed by atoms with Gasteiger partial charge in [-0.05, 0) is 32.9 Å². The number of carbonyl (C=O) groups excluding carboxylic acids is 1. The van der Waals surface area contributed by atoms with Crippen LogP contribution in [0.25, 0.3) is 0 Å². The zero-order chi connectivity index (χ0) is 12.8. The number of piperidine rings is 1. The van der Waals surface area contributed by atoms with Crippen LogP contribution in [-0.4, -0.2) is 36.7 Å². The van der Waals surface area contributed by atoms with Crippen LogP contribution >= 0.6 is 11.3 Å². The standard InChI is InChI=1S/C12H19N3O2S/c1-9-8-14-12(18-9)15-11(16)4-7-17-10-2-5-13-6-3-10/h8,10,13H,2-7H2,1H3,(H,14,15,16). The lowest BCUT2D eigenvalue weighted by Crippen LogP contribution is -2.33. The molecule has 1 aliphatic heterocycles. The normalized spacial score (nSPS) is 16.7. The number of anilines is 1. The smallest absolute Gasteiger partial charge is 0.228 e. The van der Waals surface area contributed by atoms with Crippen LogP contribution in [0.5, 0.6) is 0 Å². The molecule has 1 aliphatic rings. The maximum atomic E-state index is 11.6. The first-order valence-corrected chi connectivity index (χ1v) is 7.10. The van der Waals surface area contributed by atoms with Crippen molar-refractivity contribution in [1.29, 1.82) is 0 Å². The van der Waals surface area contributed by atoms with Crippen LogP contribution in [0.1, 0.15) is 24.1 Å². The number of ether oxygens (including phenoxy) is 1. The lowest BCUT2D eigenvalue weighted by atomic mass is 10.1. The van der Waals surface area contributed by atoms with Crippen LogP contribution in [0.4, 0.5) is 5.13 Å². The number of hydrogen-bond donors (Lipinski definition) is 2. The van der Waals surface area contributed by atoms with Gasteiger partial charge in [0.1, 0.15) is 0 Å². The fourth-order valence-electron chi connectivity index (χ4n) is 1.87. The summed E-state index contributed by atoms with van der Waals surface area (Å²) in [5.74, 6) is -0.0294. The van der Waals surface area contributed by atoms with E-state index in [1.54, 1.807) is 6.20 Å². The van der Waals surface area contributed by atoms with Crippen LogP contribution in [0.2, 0.25) is 0 Å². The van der Waals surface area contributed by atoms with Gasteiger partial charge in [0.15, 0.2) is 5.13 Å². The first-order chi connectivity index (χ1) is 8.74. The van der Waals surface area contributed by atoms with Gasteiger partial charge >= 0.3 is 0 Å². The van der Waals surface area contributed by atoms with Gasteiger partial charge in [-0.15, -0.1) is 11.3 Å². The summed E-state index contributed by atoms with van der Waals surface area (Å²) in [4.78, 5) is 16.8. The van der Waals surface area contributed by atoms with Gasteiger partial charge in [-0.3, -0.25) is 4.79 Å². The Morgan fingerprint density at radius 2 is 2.39 bits per heavy atom. The fourth-order valence-corrected chi connectivity index (χ4v) is 2.56. The van der Waals surface area contributed by atoms with Crippen LogP contribution in [0, 0.1) is 6.92 Å². The van der Waals surface area contributed by atoms with Gasteiger partial charge in [0.05, 0.1) is 19.1 Å². The summed E-state index contributed by atoms with van der Waals surface area (Å²) >= 11 is 1.49. The van der Waals surface area contributed by atoms with E-state index in [1.807, 2.05) is 6.92 Å². The zero-order valence-corrected chi connectivity index (χ0v) is 11.4. The Labute approximate surface area is 111 Å². The highest BCUT2D eigenvalue weighted by molar-refractivity contribution is 7.15. The molecular weight excluding hydrogens is 250 g/mol. The summed E-state index contributed by atoms with van der Waals surface area (Å²) in [5, 5.41) is 6.73. The summed E-state index contributed by atoms with van der Waals surface area (Å²) in [6.45, 7) is 4.47. The summed E-state index contributed by atoms with van der Waals surface area (Å²) in [7, 11) is 0. The first kappa shape index (κ1) is 13.5. The van der Waals surface area contributed by atoms with Gasteiger partial charge in [0.2, 0.25) is 5.91 Å². The number of rotatable bonds is 5. The minimum Gasteiger partial charge on any atom is -0.378 e. The topological polar surface area (TPSA) is 63.2 Å².